The largest absolute Gasteiger partial charge is 0.494 e. The van der Waals surface area contributed by atoms with Gasteiger partial charge in [0.05, 0.1) is 23.4 Å². The summed E-state index contributed by atoms with van der Waals surface area (Å²) >= 11 is 0. The van der Waals surface area contributed by atoms with Crippen LogP contribution in [0.3, 0.4) is 0 Å². The number of benzene rings is 2. The minimum atomic E-state index is -0.604. The highest BCUT2D eigenvalue weighted by Gasteiger charge is 2.12. The number of nitriles is 1. The monoisotopic (exact) mass is 366 g/mol. The summed E-state index contributed by atoms with van der Waals surface area (Å²) in [6, 6.07) is 15.2. The molecule has 0 aliphatic carbocycles. The molecule has 0 aliphatic rings. The van der Waals surface area contributed by atoms with E-state index in [1.54, 1.807) is 48.5 Å². The molecule has 27 heavy (non-hydrogen) atoms. The van der Waals surface area contributed by atoms with Gasteiger partial charge in [0.1, 0.15) is 11.8 Å². The van der Waals surface area contributed by atoms with Crippen LogP contribution < -0.4 is 10.1 Å². The maximum Gasteiger partial charge on any atom is 0.338 e. The van der Waals surface area contributed by atoms with Gasteiger partial charge in [-0.15, -0.1) is 0 Å². The minimum absolute atomic E-state index is 0.330. The van der Waals surface area contributed by atoms with Gasteiger partial charge in [-0.3, -0.25) is 4.79 Å². The SMILES string of the molecule is CC(C)CCOc1ccc(C(=O)OCC(=O)Nc2ccccc2C#N)cc1. The second kappa shape index (κ2) is 9.97. The molecule has 0 spiro atoms. The highest BCUT2D eigenvalue weighted by Crippen LogP contribution is 2.15. The van der Waals surface area contributed by atoms with E-state index < -0.39 is 18.5 Å². The van der Waals surface area contributed by atoms with Crippen molar-refractivity contribution < 1.29 is 19.1 Å². The van der Waals surface area contributed by atoms with Crippen LogP contribution in [0.1, 0.15) is 36.2 Å². The molecule has 1 N–H and O–H groups in total. The van der Waals surface area contributed by atoms with E-state index in [9.17, 15) is 9.59 Å². The smallest absolute Gasteiger partial charge is 0.338 e. The normalized spacial score (nSPS) is 10.1. The summed E-state index contributed by atoms with van der Waals surface area (Å²) in [5, 5.41) is 11.6. The zero-order chi connectivity index (χ0) is 19.6. The third-order valence-corrected chi connectivity index (χ3v) is 3.71. The maximum absolute atomic E-state index is 12.0. The van der Waals surface area contributed by atoms with Gasteiger partial charge in [0.25, 0.3) is 5.91 Å². The number of nitrogens with zero attached hydrogens (tertiary/aromatic N) is 1. The molecule has 0 aromatic heterocycles. The molecular weight excluding hydrogens is 344 g/mol. The number of ether oxygens (including phenoxy) is 2. The van der Waals surface area contributed by atoms with E-state index in [0.29, 0.717) is 35.1 Å². The molecule has 0 atom stereocenters. The van der Waals surface area contributed by atoms with Gasteiger partial charge >= 0.3 is 5.97 Å². The van der Waals surface area contributed by atoms with Gasteiger partial charge in [-0.25, -0.2) is 4.79 Å². The summed E-state index contributed by atoms with van der Waals surface area (Å²) < 4.78 is 10.6. The first-order chi connectivity index (χ1) is 13.0. The van der Waals surface area contributed by atoms with Crippen molar-refractivity contribution in [2.24, 2.45) is 5.92 Å². The van der Waals surface area contributed by atoms with E-state index in [0.717, 1.165) is 6.42 Å². The van der Waals surface area contributed by atoms with Crippen molar-refractivity contribution in [2.75, 3.05) is 18.5 Å². The molecule has 0 radical (unpaired) electrons. The summed E-state index contributed by atoms with van der Waals surface area (Å²) in [6.45, 7) is 4.42. The fourth-order valence-corrected chi connectivity index (χ4v) is 2.19. The van der Waals surface area contributed by atoms with Gasteiger partial charge in [0, 0.05) is 0 Å². The van der Waals surface area contributed by atoms with Gasteiger partial charge in [-0.1, -0.05) is 26.0 Å². The van der Waals surface area contributed by atoms with Gasteiger partial charge in [-0.2, -0.15) is 5.26 Å². The van der Waals surface area contributed by atoms with Crippen molar-refractivity contribution in [1.82, 2.24) is 0 Å². The van der Waals surface area contributed by atoms with E-state index in [2.05, 4.69) is 19.2 Å². The van der Waals surface area contributed by atoms with Gasteiger partial charge in [0.2, 0.25) is 0 Å². The lowest BCUT2D eigenvalue weighted by molar-refractivity contribution is -0.119. The molecular formula is C21H22N2O4. The molecule has 0 saturated heterocycles. The average Bonchev–Trinajstić information content (AvgIpc) is 2.67. The first-order valence-electron chi connectivity index (χ1n) is 8.68. The van der Waals surface area contributed by atoms with Crippen molar-refractivity contribution >= 4 is 17.6 Å². The summed E-state index contributed by atoms with van der Waals surface area (Å²) in [7, 11) is 0. The Hall–Kier alpha value is -3.33. The Morgan fingerprint density at radius 1 is 1.11 bits per heavy atom. The number of nitrogens with one attached hydrogen (secondary N) is 1. The standard InChI is InChI=1S/C21H22N2O4/c1-15(2)11-12-26-18-9-7-16(8-10-18)21(25)27-14-20(24)23-19-6-4-3-5-17(19)13-22/h3-10,15H,11-12,14H2,1-2H3,(H,23,24). The highest BCUT2D eigenvalue weighted by atomic mass is 16.5. The van der Waals surface area contributed by atoms with E-state index in [1.165, 1.54) is 0 Å². The van der Waals surface area contributed by atoms with Crippen LogP contribution in [0.15, 0.2) is 48.5 Å². The van der Waals surface area contributed by atoms with Crippen LogP contribution in [0, 0.1) is 17.2 Å². The number of esters is 1. The van der Waals surface area contributed by atoms with Crippen LogP contribution in [0.5, 0.6) is 5.75 Å². The van der Waals surface area contributed by atoms with Crippen LogP contribution >= 0.6 is 0 Å². The number of carbonyl (C=O) groups excluding carboxylic acids is 2. The highest BCUT2D eigenvalue weighted by molar-refractivity contribution is 5.96. The Morgan fingerprint density at radius 3 is 2.48 bits per heavy atom. The average molecular weight is 366 g/mol. The Morgan fingerprint density at radius 2 is 1.81 bits per heavy atom. The fraction of sp³-hybridized carbons (Fsp3) is 0.286. The Balaban J connectivity index is 1.82. The van der Waals surface area contributed by atoms with Crippen molar-refractivity contribution in [3.05, 3.63) is 59.7 Å². The number of hydrogen-bond acceptors (Lipinski definition) is 5. The van der Waals surface area contributed by atoms with Crippen molar-refractivity contribution in [1.29, 1.82) is 5.26 Å². The van der Waals surface area contributed by atoms with Crippen LogP contribution in [0.4, 0.5) is 5.69 Å². The van der Waals surface area contributed by atoms with Gasteiger partial charge in [0.15, 0.2) is 6.61 Å². The maximum atomic E-state index is 12.0. The molecule has 0 aliphatic heterocycles. The molecule has 2 rings (SSSR count). The lowest BCUT2D eigenvalue weighted by Crippen LogP contribution is -2.21. The summed E-state index contributed by atoms with van der Waals surface area (Å²) in [6.07, 6.45) is 0.952. The Labute approximate surface area is 158 Å². The number of amides is 1. The third-order valence-electron chi connectivity index (χ3n) is 3.71. The predicted molar refractivity (Wildman–Crippen MR) is 101 cm³/mol. The second-order valence-electron chi connectivity index (χ2n) is 6.34. The number of hydrogen-bond donors (Lipinski definition) is 1. The number of carbonyl (C=O) groups is 2. The second-order valence-corrected chi connectivity index (χ2v) is 6.34. The van der Waals surface area contributed by atoms with E-state index in [-0.39, 0.29) is 0 Å². The summed E-state index contributed by atoms with van der Waals surface area (Å²) in [5.74, 6) is 0.121. The molecule has 140 valence electrons. The number of rotatable bonds is 8. The van der Waals surface area contributed by atoms with Crippen LogP contribution in [0.25, 0.3) is 0 Å². The lowest BCUT2D eigenvalue weighted by atomic mass is 10.1. The van der Waals surface area contributed by atoms with Gasteiger partial charge in [-0.05, 0) is 48.7 Å². The first kappa shape index (κ1) is 20.0. The number of para-hydroxylation sites is 1. The molecule has 0 heterocycles. The predicted octanol–water partition coefficient (Wildman–Crippen LogP) is 3.78. The zero-order valence-electron chi connectivity index (χ0n) is 15.4. The molecule has 2 aromatic rings. The lowest BCUT2D eigenvalue weighted by Gasteiger charge is -2.09. The minimum Gasteiger partial charge on any atom is -0.494 e. The van der Waals surface area contributed by atoms with Crippen LogP contribution in [-0.4, -0.2) is 25.1 Å². The van der Waals surface area contributed by atoms with Crippen LogP contribution in [-0.2, 0) is 9.53 Å². The Bertz CT molecular complexity index is 823. The van der Waals surface area contributed by atoms with E-state index >= 15 is 0 Å². The fourth-order valence-electron chi connectivity index (χ4n) is 2.19. The first-order valence-corrected chi connectivity index (χ1v) is 8.68. The molecule has 0 saturated carbocycles. The summed E-state index contributed by atoms with van der Waals surface area (Å²) in [4.78, 5) is 24.0. The molecule has 0 fully saturated rings. The zero-order valence-corrected chi connectivity index (χ0v) is 15.4. The third kappa shape index (κ3) is 6.48. The molecule has 1 amide bonds. The number of anilines is 1. The topological polar surface area (TPSA) is 88.4 Å². The summed E-state index contributed by atoms with van der Waals surface area (Å²) in [5.41, 5.74) is 1.05. The van der Waals surface area contributed by atoms with Crippen molar-refractivity contribution in [3.8, 4) is 11.8 Å². The quantitative estimate of drug-likeness (QED) is 0.718. The van der Waals surface area contributed by atoms with E-state index in [4.69, 9.17) is 14.7 Å². The molecule has 6 heteroatoms. The Kier molecular flexibility index (Phi) is 7.38. The van der Waals surface area contributed by atoms with E-state index in [1.807, 2.05) is 6.07 Å². The van der Waals surface area contributed by atoms with Crippen LogP contribution in [0.2, 0.25) is 0 Å². The van der Waals surface area contributed by atoms with Crippen molar-refractivity contribution in [3.63, 3.8) is 0 Å². The van der Waals surface area contributed by atoms with Crippen molar-refractivity contribution in [2.45, 2.75) is 20.3 Å². The van der Waals surface area contributed by atoms with Gasteiger partial charge < -0.3 is 14.8 Å². The molecule has 2 aromatic carbocycles. The molecule has 0 bridgehead atoms. The molecule has 6 nitrogen and oxygen atoms in total. The molecule has 0 unspecified atom stereocenters.